The molecule has 0 bridgehead atoms. The second kappa shape index (κ2) is 7.58. The molecule has 1 saturated heterocycles. The van der Waals surface area contributed by atoms with Crippen LogP contribution in [0.25, 0.3) is 0 Å². The SMILES string of the molecule is Cc1cccc(C(=O)N2CCCC(CNC(C)C)C2)c1I. The summed E-state index contributed by atoms with van der Waals surface area (Å²) in [5.74, 6) is 0.768. The summed E-state index contributed by atoms with van der Waals surface area (Å²) in [6.07, 6.45) is 2.33. The van der Waals surface area contributed by atoms with Gasteiger partial charge in [-0.25, -0.2) is 0 Å². The van der Waals surface area contributed by atoms with Crippen LogP contribution in [0.5, 0.6) is 0 Å². The number of carbonyl (C=O) groups excluding carboxylic acids is 1. The van der Waals surface area contributed by atoms with Crippen LogP contribution in [-0.4, -0.2) is 36.5 Å². The van der Waals surface area contributed by atoms with E-state index in [2.05, 4.69) is 54.7 Å². The van der Waals surface area contributed by atoms with Crippen LogP contribution in [0.4, 0.5) is 0 Å². The lowest BCUT2D eigenvalue weighted by Gasteiger charge is -2.33. The number of halogens is 1. The third kappa shape index (κ3) is 4.42. The number of benzene rings is 1. The molecule has 0 aromatic heterocycles. The van der Waals surface area contributed by atoms with Gasteiger partial charge in [-0.1, -0.05) is 26.0 Å². The second-order valence-electron chi connectivity index (χ2n) is 6.26. The smallest absolute Gasteiger partial charge is 0.254 e. The summed E-state index contributed by atoms with van der Waals surface area (Å²) >= 11 is 2.29. The van der Waals surface area contributed by atoms with Gasteiger partial charge in [-0.05, 0) is 66.4 Å². The van der Waals surface area contributed by atoms with Gasteiger partial charge in [-0.2, -0.15) is 0 Å². The number of aryl methyl sites for hydroxylation is 1. The van der Waals surface area contributed by atoms with Crippen molar-refractivity contribution in [3.05, 3.63) is 32.9 Å². The van der Waals surface area contributed by atoms with E-state index in [1.54, 1.807) is 0 Å². The highest BCUT2D eigenvalue weighted by Gasteiger charge is 2.25. The maximum atomic E-state index is 12.8. The Morgan fingerprint density at radius 3 is 2.95 bits per heavy atom. The zero-order valence-electron chi connectivity index (χ0n) is 13.2. The number of amides is 1. The van der Waals surface area contributed by atoms with E-state index in [1.807, 2.05) is 17.0 Å². The van der Waals surface area contributed by atoms with Gasteiger partial charge in [0.15, 0.2) is 0 Å². The molecule has 1 aromatic rings. The summed E-state index contributed by atoms with van der Waals surface area (Å²) in [5.41, 5.74) is 2.03. The minimum atomic E-state index is 0.192. The molecule has 2 rings (SSSR count). The van der Waals surface area contributed by atoms with E-state index in [0.29, 0.717) is 12.0 Å². The Bertz CT molecular complexity index is 502. The normalized spacial score (nSPS) is 19.1. The fourth-order valence-corrected chi connectivity index (χ4v) is 3.39. The molecule has 0 aliphatic carbocycles. The van der Waals surface area contributed by atoms with E-state index in [9.17, 15) is 4.79 Å². The van der Waals surface area contributed by atoms with E-state index in [0.717, 1.165) is 35.2 Å². The van der Waals surface area contributed by atoms with Crippen LogP contribution >= 0.6 is 22.6 Å². The molecule has 4 heteroatoms. The van der Waals surface area contributed by atoms with Gasteiger partial charge in [-0.3, -0.25) is 4.79 Å². The molecule has 3 nitrogen and oxygen atoms in total. The second-order valence-corrected chi connectivity index (χ2v) is 7.34. The lowest BCUT2D eigenvalue weighted by molar-refractivity contribution is 0.0671. The predicted molar refractivity (Wildman–Crippen MR) is 95.7 cm³/mol. The van der Waals surface area contributed by atoms with Crippen molar-refractivity contribution in [2.75, 3.05) is 19.6 Å². The predicted octanol–water partition coefficient (Wildman–Crippen LogP) is 3.45. The third-order valence-electron chi connectivity index (χ3n) is 4.04. The molecule has 1 heterocycles. The molecule has 0 radical (unpaired) electrons. The van der Waals surface area contributed by atoms with Gasteiger partial charge in [0.2, 0.25) is 0 Å². The maximum absolute atomic E-state index is 12.8. The van der Waals surface area contributed by atoms with Gasteiger partial charge in [0.25, 0.3) is 5.91 Å². The molecule has 1 amide bonds. The first kappa shape index (κ1) is 16.7. The van der Waals surface area contributed by atoms with Gasteiger partial charge in [0.1, 0.15) is 0 Å². The minimum Gasteiger partial charge on any atom is -0.338 e. The summed E-state index contributed by atoms with van der Waals surface area (Å²) in [4.78, 5) is 14.8. The van der Waals surface area contributed by atoms with Crippen LogP contribution in [-0.2, 0) is 0 Å². The van der Waals surface area contributed by atoms with Crippen LogP contribution in [0.1, 0.15) is 42.6 Å². The van der Waals surface area contributed by atoms with Gasteiger partial charge >= 0.3 is 0 Å². The largest absolute Gasteiger partial charge is 0.338 e. The highest BCUT2D eigenvalue weighted by atomic mass is 127. The number of likely N-dealkylation sites (tertiary alicyclic amines) is 1. The number of hydrogen-bond donors (Lipinski definition) is 1. The number of piperidine rings is 1. The Morgan fingerprint density at radius 1 is 1.48 bits per heavy atom. The Balaban J connectivity index is 2.03. The summed E-state index contributed by atoms with van der Waals surface area (Å²) in [6, 6.07) is 6.50. The highest BCUT2D eigenvalue weighted by molar-refractivity contribution is 14.1. The Kier molecular flexibility index (Phi) is 6.05. The van der Waals surface area contributed by atoms with Crippen molar-refractivity contribution in [2.45, 2.75) is 39.7 Å². The molecule has 1 aromatic carbocycles. The fourth-order valence-electron chi connectivity index (χ4n) is 2.80. The third-order valence-corrected chi connectivity index (χ3v) is 5.48. The van der Waals surface area contributed by atoms with Crippen molar-refractivity contribution >= 4 is 28.5 Å². The monoisotopic (exact) mass is 400 g/mol. The lowest BCUT2D eigenvalue weighted by Crippen LogP contribution is -2.44. The summed E-state index contributed by atoms with van der Waals surface area (Å²) in [6.45, 7) is 9.17. The molecule has 1 N–H and O–H groups in total. The number of nitrogens with zero attached hydrogens (tertiary/aromatic N) is 1. The first-order chi connectivity index (χ1) is 9.99. The summed E-state index contributed by atoms with van der Waals surface area (Å²) < 4.78 is 1.09. The van der Waals surface area contributed by atoms with Crippen LogP contribution in [0.15, 0.2) is 18.2 Å². The fraction of sp³-hybridized carbons (Fsp3) is 0.588. The van der Waals surface area contributed by atoms with Crippen molar-refractivity contribution in [1.82, 2.24) is 10.2 Å². The Labute approximate surface area is 141 Å². The molecule has 1 fully saturated rings. The van der Waals surface area contributed by atoms with E-state index in [4.69, 9.17) is 0 Å². The summed E-state index contributed by atoms with van der Waals surface area (Å²) in [5, 5.41) is 3.50. The molecule has 1 unspecified atom stereocenters. The van der Waals surface area contributed by atoms with Gasteiger partial charge < -0.3 is 10.2 Å². The molecule has 1 aliphatic rings. The van der Waals surface area contributed by atoms with Crippen molar-refractivity contribution in [3.8, 4) is 0 Å². The molecule has 116 valence electrons. The number of carbonyl (C=O) groups is 1. The first-order valence-electron chi connectivity index (χ1n) is 7.76. The topological polar surface area (TPSA) is 32.3 Å². The van der Waals surface area contributed by atoms with E-state index < -0.39 is 0 Å². The van der Waals surface area contributed by atoms with Gasteiger partial charge in [-0.15, -0.1) is 0 Å². The van der Waals surface area contributed by atoms with Gasteiger partial charge in [0, 0.05) is 22.7 Å². The molecular formula is C17H25IN2O. The Morgan fingerprint density at radius 2 is 2.24 bits per heavy atom. The van der Waals surface area contributed by atoms with E-state index >= 15 is 0 Å². The molecule has 0 saturated carbocycles. The van der Waals surface area contributed by atoms with Crippen LogP contribution in [0.3, 0.4) is 0 Å². The molecule has 1 atom stereocenters. The highest BCUT2D eigenvalue weighted by Crippen LogP contribution is 2.22. The average molecular weight is 400 g/mol. The van der Waals surface area contributed by atoms with Gasteiger partial charge in [0.05, 0.1) is 5.56 Å². The lowest BCUT2D eigenvalue weighted by atomic mass is 9.97. The zero-order chi connectivity index (χ0) is 15.4. The maximum Gasteiger partial charge on any atom is 0.254 e. The van der Waals surface area contributed by atoms with Crippen molar-refractivity contribution in [1.29, 1.82) is 0 Å². The molecule has 21 heavy (non-hydrogen) atoms. The molecule has 1 aliphatic heterocycles. The van der Waals surface area contributed by atoms with E-state index in [-0.39, 0.29) is 5.91 Å². The zero-order valence-corrected chi connectivity index (χ0v) is 15.3. The van der Waals surface area contributed by atoms with E-state index in [1.165, 1.54) is 12.0 Å². The average Bonchev–Trinajstić information content (AvgIpc) is 2.47. The Hall–Kier alpha value is -0.620. The van der Waals surface area contributed by atoms with Crippen LogP contribution in [0.2, 0.25) is 0 Å². The number of rotatable bonds is 4. The first-order valence-corrected chi connectivity index (χ1v) is 8.84. The number of hydrogen-bond acceptors (Lipinski definition) is 2. The quantitative estimate of drug-likeness (QED) is 0.786. The summed E-state index contributed by atoms with van der Waals surface area (Å²) in [7, 11) is 0. The number of nitrogens with one attached hydrogen (secondary N) is 1. The van der Waals surface area contributed by atoms with Crippen molar-refractivity contribution in [2.24, 2.45) is 5.92 Å². The molecular weight excluding hydrogens is 375 g/mol. The van der Waals surface area contributed by atoms with Crippen LogP contribution < -0.4 is 5.32 Å². The van der Waals surface area contributed by atoms with Crippen LogP contribution in [0, 0.1) is 16.4 Å². The van der Waals surface area contributed by atoms with Crippen molar-refractivity contribution < 1.29 is 4.79 Å². The molecule has 0 spiro atoms. The minimum absolute atomic E-state index is 0.192. The van der Waals surface area contributed by atoms with Crippen molar-refractivity contribution in [3.63, 3.8) is 0 Å². The standard InChI is InChI=1S/C17H25IN2O/c1-12(2)19-10-14-7-5-9-20(11-14)17(21)15-8-4-6-13(3)16(15)18/h4,6,8,12,14,19H,5,7,9-11H2,1-3H3.